The van der Waals surface area contributed by atoms with E-state index in [9.17, 15) is 9.59 Å². The topological polar surface area (TPSA) is 75.4 Å². The molecule has 3 N–H and O–H groups in total. The monoisotopic (exact) mass is 233 g/mol. The predicted octanol–water partition coefficient (Wildman–Crippen LogP) is 0.634. The summed E-state index contributed by atoms with van der Waals surface area (Å²) in [7, 11) is 0. The Morgan fingerprint density at radius 2 is 2.18 bits per heavy atom. The molecule has 0 atom stereocenters. The van der Waals surface area contributed by atoms with Gasteiger partial charge in [-0.05, 0) is 37.1 Å². The second-order valence-electron chi connectivity index (χ2n) is 3.95. The molecular formula is C12H15N3O2. The summed E-state index contributed by atoms with van der Waals surface area (Å²) in [5.74, 6) is -0.217. The number of imide groups is 1. The van der Waals surface area contributed by atoms with Gasteiger partial charge in [-0.2, -0.15) is 0 Å². The van der Waals surface area contributed by atoms with Crippen molar-refractivity contribution in [2.75, 3.05) is 18.0 Å². The van der Waals surface area contributed by atoms with Gasteiger partial charge < -0.3 is 11.1 Å². The Labute approximate surface area is 99.6 Å². The number of nitrogens with one attached hydrogen (secondary N) is 1. The highest BCUT2D eigenvalue weighted by Gasteiger charge is 2.29. The average Bonchev–Trinajstić information content (AvgIpc) is 2.67. The maximum atomic E-state index is 11.5. The highest BCUT2D eigenvalue weighted by atomic mass is 16.2. The minimum absolute atomic E-state index is 0.0753. The zero-order chi connectivity index (χ0) is 12.3. The van der Waals surface area contributed by atoms with Crippen molar-refractivity contribution in [3.63, 3.8) is 0 Å². The van der Waals surface area contributed by atoms with Gasteiger partial charge in [0.25, 0.3) is 5.91 Å². The first-order valence-corrected chi connectivity index (χ1v) is 5.62. The third kappa shape index (κ3) is 2.45. The summed E-state index contributed by atoms with van der Waals surface area (Å²) in [6.45, 7) is 0.708. The van der Waals surface area contributed by atoms with Crippen LogP contribution >= 0.6 is 0 Å². The second kappa shape index (κ2) is 4.97. The second-order valence-corrected chi connectivity index (χ2v) is 3.95. The summed E-state index contributed by atoms with van der Waals surface area (Å²) in [5.41, 5.74) is 7.16. The normalized spacial score (nSPS) is 15.2. The Morgan fingerprint density at radius 1 is 1.35 bits per heavy atom. The van der Waals surface area contributed by atoms with Crippen LogP contribution in [-0.2, 0) is 11.2 Å². The lowest BCUT2D eigenvalue weighted by atomic mass is 10.1. The molecule has 5 heteroatoms. The van der Waals surface area contributed by atoms with Crippen molar-refractivity contribution in [1.29, 1.82) is 0 Å². The lowest BCUT2D eigenvalue weighted by molar-refractivity contribution is -0.115. The lowest BCUT2D eigenvalue weighted by Gasteiger charge is -2.13. The number of rotatable bonds is 4. The lowest BCUT2D eigenvalue weighted by Crippen LogP contribution is -2.30. The Hall–Kier alpha value is -1.88. The van der Waals surface area contributed by atoms with Crippen LogP contribution in [0.5, 0.6) is 0 Å². The van der Waals surface area contributed by atoms with E-state index in [0.717, 1.165) is 18.4 Å². The summed E-state index contributed by atoms with van der Waals surface area (Å²) >= 11 is 0. The highest BCUT2D eigenvalue weighted by molar-refractivity contribution is 6.19. The minimum atomic E-state index is -0.356. The van der Waals surface area contributed by atoms with Crippen molar-refractivity contribution in [2.24, 2.45) is 5.73 Å². The van der Waals surface area contributed by atoms with Crippen molar-refractivity contribution in [2.45, 2.75) is 12.8 Å². The van der Waals surface area contributed by atoms with Crippen LogP contribution in [0.2, 0.25) is 0 Å². The molecule has 1 heterocycles. The van der Waals surface area contributed by atoms with Gasteiger partial charge in [-0.1, -0.05) is 12.1 Å². The number of carbonyl (C=O) groups excluding carboxylic acids is 2. The van der Waals surface area contributed by atoms with Crippen molar-refractivity contribution < 1.29 is 9.59 Å². The number of urea groups is 1. The number of aryl methyl sites for hydroxylation is 1. The number of amides is 3. The summed E-state index contributed by atoms with van der Waals surface area (Å²) in [4.78, 5) is 24.2. The number of nitrogens with two attached hydrogens (primary N) is 1. The number of benzene rings is 1. The number of hydrogen-bond acceptors (Lipinski definition) is 3. The van der Waals surface area contributed by atoms with E-state index in [1.165, 1.54) is 4.90 Å². The summed E-state index contributed by atoms with van der Waals surface area (Å²) in [6.07, 6.45) is 1.75. The molecule has 0 spiro atoms. The molecule has 1 aliphatic rings. The molecule has 0 aliphatic carbocycles. The van der Waals surface area contributed by atoms with Crippen molar-refractivity contribution in [3.8, 4) is 0 Å². The molecule has 0 saturated carbocycles. The molecule has 5 nitrogen and oxygen atoms in total. The first kappa shape index (κ1) is 11.6. The molecular weight excluding hydrogens is 218 g/mol. The standard InChI is InChI=1S/C12H15N3O2/c13-6-2-4-9-3-1-5-10(7-9)15-11(16)8-14-12(15)17/h1,3,5,7H,2,4,6,8,13H2,(H,14,17). The first-order chi connectivity index (χ1) is 8.22. The Bertz CT molecular complexity index is 429. The van der Waals surface area contributed by atoms with Crippen LogP contribution in [0, 0.1) is 0 Å². The average molecular weight is 233 g/mol. The smallest absolute Gasteiger partial charge is 0.329 e. The van der Waals surface area contributed by atoms with Gasteiger partial charge in [-0.15, -0.1) is 0 Å². The maximum absolute atomic E-state index is 11.5. The third-order valence-electron chi connectivity index (χ3n) is 2.68. The van der Waals surface area contributed by atoms with Crippen LogP contribution in [0.1, 0.15) is 12.0 Å². The molecule has 0 unspecified atom stereocenters. The van der Waals surface area contributed by atoms with E-state index in [4.69, 9.17) is 5.73 Å². The Morgan fingerprint density at radius 3 is 2.82 bits per heavy atom. The van der Waals surface area contributed by atoms with Crippen LogP contribution in [-0.4, -0.2) is 25.0 Å². The van der Waals surface area contributed by atoms with Gasteiger partial charge >= 0.3 is 6.03 Å². The van der Waals surface area contributed by atoms with E-state index < -0.39 is 0 Å². The zero-order valence-corrected chi connectivity index (χ0v) is 9.48. The maximum Gasteiger partial charge on any atom is 0.329 e. The van der Waals surface area contributed by atoms with Crippen LogP contribution in [0.15, 0.2) is 24.3 Å². The van der Waals surface area contributed by atoms with Crippen LogP contribution < -0.4 is 16.0 Å². The minimum Gasteiger partial charge on any atom is -0.330 e. The van der Waals surface area contributed by atoms with Crippen LogP contribution in [0.25, 0.3) is 0 Å². The van der Waals surface area contributed by atoms with E-state index in [2.05, 4.69) is 5.32 Å². The largest absolute Gasteiger partial charge is 0.330 e. The number of anilines is 1. The van der Waals surface area contributed by atoms with E-state index in [1.807, 2.05) is 18.2 Å². The predicted molar refractivity (Wildman–Crippen MR) is 64.7 cm³/mol. The molecule has 0 bridgehead atoms. The molecule has 90 valence electrons. The summed E-state index contributed by atoms with van der Waals surface area (Å²) in [5, 5.41) is 2.50. The molecule has 1 aromatic carbocycles. The first-order valence-electron chi connectivity index (χ1n) is 5.62. The van der Waals surface area contributed by atoms with E-state index >= 15 is 0 Å². The molecule has 0 aromatic heterocycles. The zero-order valence-electron chi connectivity index (χ0n) is 9.48. The van der Waals surface area contributed by atoms with Crippen LogP contribution in [0.4, 0.5) is 10.5 Å². The molecule has 1 saturated heterocycles. The summed E-state index contributed by atoms with van der Waals surface area (Å²) < 4.78 is 0. The fraction of sp³-hybridized carbons (Fsp3) is 0.333. The van der Waals surface area contributed by atoms with Crippen molar-refractivity contribution >= 4 is 17.6 Å². The third-order valence-corrected chi connectivity index (χ3v) is 2.68. The van der Waals surface area contributed by atoms with Gasteiger partial charge in [0.1, 0.15) is 0 Å². The molecule has 2 rings (SSSR count). The number of hydrogen-bond donors (Lipinski definition) is 2. The van der Waals surface area contributed by atoms with Gasteiger partial charge in [0.05, 0.1) is 12.2 Å². The van der Waals surface area contributed by atoms with Gasteiger partial charge in [0.2, 0.25) is 0 Å². The fourth-order valence-electron chi connectivity index (χ4n) is 1.84. The van der Waals surface area contributed by atoms with Crippen LogP contribution in [0.3, 0.4) is 0 Å². The fourth-order valence-corrected chi connectivity index (χ4v) is 1.84. The van der Waals surface area contributed by atoms with Gasteiger partial charge in [0, 0.05) is 0 Å². The van der Waals surface area contributed by atoms with Gasteiger partial charge in [-0.25, -0.2) is 9.69 Å². The Kier molecular flexibility index (Phi) is 3.39. The van der Waals surface area contributed by atoms with E-state index in [-0.39, 0.29) is 18.5 Å². The molecule has 1 aliphatic heterocycles. The Balaban J connectivity index is 2.20. The molecule has 17 heavy (non-hydrogen) atoms. The van der Waals surface area contributed by atoms with Crippen molar-refractivity contribution in [1.82, 2.24) is 5.32 Å². The number of nitrogens with zero attached hydrogens (tertiary/aromatic N) is 1. The quantitative estimate of drug-likeness (QED) is 0.749. The molecule has 3 amide bonds. The highest BCUT2D eigenvalue weighted by Crippen LogP contribution is 2.19. The number of carbonyl (C=O) groups is 2. The SMILES string of the molecule is NCCCc1cccc(N2C(=O)CNC2=O)c1. The van der Waals surface area contributed by atoms with E-state index in [0.29, 0.717) is 12.2 Å². The van der Waals surface area contributed by atoms with Gasteiger partial charge in [-0.3, -0.25) is 4.79 Å². The van der Waals surface area contributed by atoms with Crippen molar-refractivity contribution in [3.05, 3.63) is 29.8 Å². The van der Waals surface area contributed by atoms with Gasteiger partial charge in [0.15, 0.2) is 0 Å². The molecule has 1 aromatic rings. The molecule has 1 fully saturated rings. The van der Waals surface area contributed by atoms with E-state index in [1.54, 1.807) is 6.07 Å². The molecule has 0 radical (unpaired) electrons. The summed E-state index contributed by atoms with van der Waals surface area (Å²) in [6, 6.07) is 7.08.